The number of aromatic nitrogens is 1. The number of hydrogen-bond acceptors (Lipinski definition) is 5. The number of carbonyl (C=O) groups excluding carboxylic acids is 1. The number of nitrogens with one attached hydrogen (secondary N) is 1. The zero-order valence-electron chi connectivity index (χ0n) is 16.1. The highest BCUT2D eigenvalue weighted by atomic mass is 19.4. The number of halogens is 3. The van der Waals surface area contributed by atoms with Crippen molar-refractivity contribution in [2.24, 2.45) is 0 Å². The van der Waals surface area contributed by atoms with E-state index in [0.29, 0.717) is 0 Å². The zero-order chi connectivity index (χ0) is 23.5. The topological polar surface area (TPSA) is 118 Å². The van der Waals surface area contributed by atoms with Crippen molar-refractivity contribution in [3.8, 4) is 6.07 Å². The normalized spacial score (nSPS) is 10.9. The molecule has 3 rings (SSSR count). The lowest BCUT2D eigenvalue weighted by Crippen LogP contribution is -2.29. The van der Waals surface area contributed by atoms with Crippen molar-refractivity contribution in [1.29, 1.82) is 5.26 Å². The first-order valence-corrected chi connectivity index (χ1v) is 8.95. The van der Waals surface area contributed by atoms with Crippen molar-refractivity contribution in [3.63, 3.8) is 0 Å². The van der Waals surface area contributed by atoms with Gasteiger partial charge in [0.05, 0.1) is 28.3 Å². The fraction of sp³-hybridized carbons (Fsp3) is 0.0952. The van der Waals surface area contributed by atoms with Crippen molar-refractivity contribution < 1.29 is 22.9 Å². The first kappa shape index (κ1) is 22.2. The summed E-state index contributed by atoms with van der Waals surface area (Å²) in [6.07, 6.45) is -3.21. The molecule has 11 heteroatoms. The summed E-state index contributed by atoms with van der Waals surface area (Å²) in [6, 6.07) is 12.0. The second-order valence-electron chi connectivity index (χ2n) is 6.61. The maximum Gasteiger partial charge on any atom is 0.416 e. The number of hydrogen-bond donors (Lipinski definition) is 1. The standard InChI is InChI=1S/C21H13F3N4O4/c22-21(23,24)15-4-1-3-13(9-15)12-27-8-2-5-17(20(27)30)19(29)26-18-7-6-16(28(31)32)10-14(18)11-25/h1-10H,12H2,(H,26,29). The smallest absolute Gasteiger partial charge is 0.321 e. The molecule has 0 atom stereocenters. The van der Waals surface area contributed by atoms with Crippen LogP contribution >= 0.6 is 0 Å². The zero-order valence-corrected chi connectivity index (χ0v) is 16.1. The Morgan fingerprint density at radius 2 is 1.91 bits per heavy atom. The van der Waals surface area contributed by atoms with Gasteiger partial charge in [-0.25, -0.2) is 0 Å². The summed E-state index contributed by atoms with van der Waals surface area (Å²) in [7, 11) is 0. The van der Waals surface area contributed by atoms with Gasteiger partial charge in [0.2, 0.25) is 0 Å². The van der Waals surface area contributed by atoms with Crippen LogP contribution in [0.3, 0.4) is 0 Å². The molecule has 1 aromatic heterocycles. The molecule has 0 bridgehead atoms. The molecule has 0 aliphatic carbocycles. The Balaban J connectivity index is 1.88. The Bertz CT molecular complexity index is 1310. The van der Waals surface area contributed by atoms with Gasteiger partial charge in [0.15, 0.2) is 0 Å². The van der Waals surface area contributed by atoms with E-state index in [1.54, 1.807) is 6.07 Å². The summed E-state index contributed by atoms with van der Waals surface area (Å²) in [4.78, 5) is 35.4. The molecule has 0 aliphatic rings. The number of non-ortho nitro benzene ring substituents is 1. The van der Waals surface area contributed by atoms with E-state index in [1.807, 2.05) is 0 Å². The Hall–Kier alpha value is -4.46. The highest BCUT2D eigenvalue weighted by molar-refractivity contribution is 6.04. The quantitative estimate of drug-likeness (QED) is 0.474. The first-order chi connectivity index (χ1) is 15.1. The van der Waals surface area contributed by atoms with E-state index in [4.69, 9.17) is 0 Å². The van der Waals surface area contributed by atoms with Crippen LogP contribution < -0.4 is 10.9 Å². The van der Waals surface area contributed by atoms with Gasteiger partial charge in [0.25, 0.3) is 17.2 Å². The van der Waals surface area contributed by atoms with Crippen LogP contribution in [0.1, 0.15) is 27.0 Å². The summed E-state index contributed by atoms with van der Waals surface area (Å²) >= 11 is 0. The molecule has 2 aromatic carbocycles. The molecule has 1 amide bonds. The minimum Gasteiger partial charge on any atom is -0.321 e. The highest BCUT2D eigenvalue weighted by Gasteiger charge is 2.30. The van der Waals surface area contributed by atoms with Gasteiger partial charge in [-0.2, -0.15) is 18.4 Å². The van der Waals surface area contributed by atoms with E-state index < -0.39 is 28.1 Å². The number of nitriles is 1. The van der Waals surface area contributed by atoms with Gasteiger partial charge in [0, 0.05) is 18.3 Å². The van der Waals surface area contributed by atoms with Crippen molar-refractivity contribution in [2.75, 3.05) is 5.32 Å². The van der Waals surface area contributed by atoms with Crippen LogP contribution in [-0.2, 0) is 12.7 Å². The second kappa shape index (κ2) is 8.73. The average Bonchev–Trinajstić information content (AvgIpc) is 2.75. The number of anilines is 1. The molecule has 162 valence electrons. The lowest BCUT2D eigenvalue weighted by Gasteiger charge is -2.11. The van der Waals surface area contributed by atoms with E-state index in [0.717, 1.165) is 28.8 Å². The summed E-state index contributed by atoms with van der Waals surface area (Å²) in [5, 5.41) is 22.4. The molecule has 0 fully saturated rings. The molecule has 1 N–H and O–H groups in total. The van der Waals surface area contributed by atoms with Crippen LogP contribution in [0.4, 0.5) is 24.5 Å². The third-order valence-electron chi connectivity index (χ3n) is 4.45. The number of benzene rings is 2. The van der Waals surface area contributed by atoms with Crippen LogP contribution in [0.2, 0.25) is 0 Å². The van der Waals surface area contributed by atoms with E-state index in [1.165, 1.54) is 36.5 Å². The predicted molar refractivity (Wildman–Crippen MR) is 107 cm³/mol. The van der Waals surface area contributed by atoms with Gasteiger partial charge in [-0.1, -0.05) is 12.1 Å². The number of alkyl halides is 3. The molecule has 0 unspecified atom stereocenters. The number of carbonyl (C=O) groups is 1. The summed E-state index contributed by atoms with van der Waals surface area (Å²) in [5.74, 6) is -0.876. The van der Waals surface area contributed by atoms with Crippen molar-refractivity contribution in [1.82, 2.24) is 4.57 Å². The average molecular weight is 442 g/mol. The summed E-state index contributed by atoms with van der Waals surface area (Å²) in [6.45, 7) is -0.204. The largest absolute Gasteiger partial charge is 0.416 e. The third kappa shape index (κ3) is 4.81. The van der Waals surface area contributed by atoms with E-state index in [-0.39, 0.29) is 34.6 Å². The van der Waals surface area contributed by atoms with Gasteiger partial charge in [0.1, 0.15) is 11.6 Å². The van der Waals surface area contributed by atoms with Crippen LogP contribution in [-0.4, -0.2) is 15.4 Å². The van der Waals surface area contributed by atoms with Gasteiger partial charge >= 0.3 is 6.18 Å². The van der Waals surface area contributed by atoms with Gasteiger partial charge in [-0.3, -0.25) is 19.7 Å². The van der Waals surface area contributed by atoms with E-state index in [9.17, 15) is 38.1 Å². The fourth-order valence-electron chi connectivity index (χ4n) is 2.91. The minimum atomic E-state index is -4.54. The van der Waals surface area contributed by atoms with E-state index in [2.05, 4.69) is 5.32 Å². The van der Waals surface area contributed by atoms with Gasteiger partial charge < -0.3 is 9.88 Å². The Kier molecular flexibility index (Phi) is 6.06. The molecule has 0 saturated heterocycles. The Morgan fingerprint density at radius 3 is 2.56 bits per heavy atom. The molecular formula is C21H13F3N4O4. The Labute approximate surface area is 178 Å². The highest BCUT2D eigenvalue weighted by Crippen LogP contribution is 2.29. The van der Waals surface area contributed by atoms with Crippen molar-refractivity contribution >= 4 is 17.3 Å². The van der Waals surface area contributed by atoms with Crippen molar-refractivity contribution in [3.05, 3.63) is 104 Å². The van der Waals surface area contributed by atoms with Crippen molar-refractivity contribution in [2.45, 2.75) is 12.7 Å². The lowest BCUT2D eigenvalue weighted by molar-refractivity contribution is -0.384. The molecular weight excluding hydrogens is 429 g/mol. The minimum absolute atomic E-state index is 0.0317. The van der Waals surface area contributed by atoms with Crippen LogP contribution in [0.25, 0.3) is 0 Å². The number of nitro groups is 1. The molecule has 1 heterocycles. The molecule has 0 aliphatic heterocycles. The van der Waals surface area contributed by atoms with Gasteiger partial charge in [-0.15, -0.1) is 0 Å². The lowest BCUT2D eigenvalue weighted by atomic mass is 10.1. The third-order valence-corrected chi connectivity index (χ3v) is 4.45. The summed E-state index contributed by atoms with van der Waals surface area (Å²) < 4.78 is 39.8. The molecule has 3 aromatic rings. The number of nitro benzene ring substituents is 1. The van der Waals surface area contributed by atoms with Crippen LogP contribution in [0, 0.1) is 21.4 Å². The molecule has 0 spiro atoms. The monoisotopic (exact) mass is 442 g/mol. The second-order valence-corrected chi connectivity index (χ2v) is 6.61. The number of rotatable bonds is 5. The molecule has 0 radical (unpaired) electrons. The predicted octanol–water partition coefficient (Wildman–Crippen LogP) is 3.95. The first-order valence-electron chi connectivity index (χ1n) is 8.95. The number of amides is 1. The SMILES string of the molecule is N#Cc1cc([N+](=O)[O-])ccc1NC(=O)c1cccn(Cc2cccc(C(F)(F)F)c2)c1=O. The van der Waals surface area contributed by atoms with E-state index >= 15 is 0 Å². The van der Waals surface area contributed by atoms with Gasteiger partial charge in [-0.05, 0) is 35.9 Å². The van der Waals surface area contributed by atoms with Crippen LogP contribution in [0.15, 0.2) is 65.6 Å². The molecule has 32 heavy (non-hydrogen) atoms. The maximum absolute atomic E-state index is 12.9. The number of pyridine rings is 1. The fourth-order valence-corrected chi connectivity index (χ4v) is 2.91. The molecule has 0 saturated carbocycles. The summed E-state index contributed by atoms with van der Waals surface area (Å²) in [5.41, 5.74) is -2.28. The maximum atomic E-state index is 12.9. The van der Waals surface area contributed by atoms with Crippen LogP contribution in [0.5, 0.6) is 0 Å². The molecule has 8 nitrogen and oxygen atoms in total. The Morgan fingerprint density at radius 1 is 1.16 bits per heavy atom. The number of nitrogens with zero attached hydrogens (tertiary/aromatic N) is 3.